The molecule has 0 atom stereocenters. The largest absolute Gasteiger partial charge is 0.350 e. The molecule has 1 N–H and O–H groups in total. The fraction of sp³-hybridized carbons (Fsp3) is 0.143. The molecule has 0 aliphatic rings. The smallest absolute Gasteiger partial charge is 0.264 e. The van der Waals surface area contributed by atoms with Crippen LogP contribution in [-0.2, 0) is 13.1 Å². The molecule has 0 aliphatic heterocycles. The van der Waals surface area contributed by atoms with E-state index in [0.29, 0.717) is 17.6 Å². The van der Waals surface area contributed by atoms with E-state index in [1.165, 1.54) is 27.8 Å². The van der Waals surface area contributed by atoms with Gasteiger partial charge in [0, 0.05) is 11.0 Å². The molecule has 10 heteroatoms. The zero-order chi connectivity index (χ0) is 22.0. The molecule has 0 saturated heterocycles. The molecular weight excluding hydrogens is 472 g/mol. The van der Waals surface area contributed by atoms with Crippen molar-refractivity contribution in [2.45, 2.75) is 13.1 Å². The van der Waals surface area contributed by atoms with Crippen LogP contribution in [0.3, 0.4) is 0 Å². The van der Waals surface area contributed by atoms with Gasteiger partial charge in [-0.25, -0.2) is 18.4 Å². The maximum Gasteiger partial charge on any atom is 0.264 e. The van der Waals surface area contributed by atoms with Crippen molar-refractivity contribution < 1.29 is 13.6 Å². The first-order valence-electron chi connectivity index (χ1n) is 9.31. The van der Waals surface area contributed by atoms with Crippen LogP contribution >= 0.6 is 15.9 Å². The summed E-state index contributed by atoms with van der Waals surface area (Å²) in [5, 5.41) is 6.95. The van der Waals surface area contributed by atoms with E-state index in [1.807, 2.05) is 24.3 Å². The third-order valence-corrected chi connectivity index (χ3v) is 5.22. The van der Waals surface area contributed by atoms with E-state index in [4.69, 9.17) is 0 Å². The highest BCUT2D eigenvalue weighted by Crippen LogP contribution is 2.13. The third-order valence-electron chi connectivity index (χ3n) is 4.69. The zero-order valence-corrected chi connectivity index (χ0v) is 17.6. The Kier molecular flexibility index (Phi) is 5.90. The van der Waals surface area contributed by atoms with Crippen LogP contribution < -0.4 is 10.9 Å². The predicted octanol–water partition coefficient (Wildman–Crippen LogP) is 3.11. The van der Waals surface area contributed by atoms with Crippen molar-refractivity contribution in [2.24, 2.45) is 0 Å². The first kappa shape index (κ1) is 20.9. The molecule has 1 amide bonds. The summed E-state index contributed by atoms with van der Waals surface area (Å²) in [6.45, 7) is 0.589. The van der Waals surface area contributed by atoms with Crippen molar-refractivity contribution in [2.75, 3.05) is 6.54 Å². The Morgan fingerprint density at radius 3 is 2.52 bits per heavy atom. The third kappa shape index (κ3) is 4.38. The Balaban J connectivity index is 1.47. The molecule has 0 aliphatic carbocycles. The minimum absolute atomic E-state index is 0.0487. The average Bonchev–Trinajstić information content (AvgIpc) is 3.15. The number of fused-ring (bicyclic) bond motifs is 1. The highest BCUT2D eigenvalue weighted by molar-refractivity contribution is 9.10. The number of nitrogens with zero attached hydrogens (tertiary/aromatic N) is 4. The number of benzene rings is 2. The highest BCUT2D eigenvalue weighted by atomic mass is 79.9. The monoisotopic (exact) mass is 487 g/mol. The molecule has 0 unspecified atom stereocenters. The normalized spacial score (nSPS) is 11.1. The minimum Gasteiger partial charge on any atom is -0.350 e. The van der Waals surface area contributed by atoms with Crippen LogP contribution in [0.15, 0.2) is 64.3 Å². The van der Waals surface area contributed by atoms with Crippen LogP contribution in [0, 0.1) is 11.6 Å². The molecule has 4 aromatic rings. The molecule has 2 aromatic carbocycles. The summed E-state index contributed by atoms with van der Waals surface area (Å²) >= 11 is 3.38. The Morgan fingerprint density at radius 2 is 1.81 bits per heavy atom. The Hall–Kier alpha value is -3.40. The molecule has 4 rings (SSSR count). The predicted molar refractivity (Wildman–Crippen MR) is 114 cm³/mol. The van der Waals surface area contributed by atoms with Crippen molar-refractivity contribution >= 4 is 32.9 Å². The van der Waals surface area contributed by atoms with Crippen molar-refractivity contribution in [3.63, 3.8) is 0 Å². The van der Waals surface area contributed by atoms with Crippen LogP contribution in [-0.4, -0.2) is 31.8 Å². The lowest BCUT2D eigenvalue weighted by Crippen LogP contribution is -2.29. The lowest BCUT2D eigenvalue weighted by atomic mass is 10.2. The van der Waals surface area contributed by atoms with E-state index in [1.54, 1.807) is 0 Å². The number of hydrogen-bond acceptors (Lipinski definition) is 4. The quantitative estimate of drug-likeness (QED) is 0.453. The molecule has 0 radical (unpaired) electrons. The van der Waals surface area contributed by atoms with Gasteiger partial charge >= 0.3 is 0 Å². The van der Waals surface area contributed by atoms with Crippen LogP contribution in [0.5, 0.6) is 0 Å². The molecule has 0 spiro atoms. The summed E-state index contributed by atoms with van der Waals surface area (Å²) in [5.74, 6) is -2.73. The first-order chi connectivity index (χ1) is 14.9. The van der Waals surface area contributed by atoms with E-state index in [-0.39, 0.29) is 18.6 Å². The van der Waals surface area contributed by atoms with Crippen molar-refractivity contribution in [3.8, 4) is 0 Å². The van der Waals surface area contributed by atoms with Crippen LogP contribution in [0.4, 0.5) is 8.78 Å². The van der Waals surface area contributed by atoms with Crippen LogP contribution in [0.1, 0.15) is 15.9 Å². The fourth-order valence-electron chi connectivity index (χ4n) is 3.14. The summed E-state index contributed by atoms with van der Waals surface area (Å²) in [6.07, 6.45) is 2.86. The molecule has 0 saturated carbocycles. The van der Waals surface area contributed by atoms with E-state index in [9.17, 15) is 18.4 Å². The number of amides is 1. The van der Waals surface area contributed by atoms with Crippen LogP contribution in [0.25, 0.3) is 11.0 Å². The second-order valence-electron chi connectivity index (χ2n) is 6.76. The van der Waals surface area contributed by atoms with Gasteiger partial charge in [-0.3, -0.25) is 14.2 Å². The number of nitrogens with one attached hydrogen (secondary N) is 1. The number of halogens is 3. The molecule has 0 bridgehead atoms. The van der Waals surface area contributed by atoms with Crippen molar-refractivity contribution in [1.82, 2.24) is 24.6 Å². The SMILES string of the molecule is O=C(NCCn1ncc2c(=O)n(Cc3ccc(Br)cc3)cnc21)c1c(F)cccc1F. The summed E-state index contributed by atoms with van der Waals surface area (Å²) in [5.41, 5.74) is 0.434. The molecule has 2 aromatic heterocycles. The molecule has 31 heavy (non-hydrogen) atoms. The topological polar surface area (TPSA) is 81.8 Å². The average molecular weight is 488 g/mol. The molecular formula is C21H16BrF2N5O2. The first-order valence-corrected chi connectivity index (χ1v) is 10.1. The minimum atomic E-state index is -0.935. The van der Waals surface area contributed by atoms with Gasteiger partial charge in [0.25, 0.3) is 11.5 Å². The maximum atomic E-state index is 13.7. The van der Waals surface area contributed by atoms with Gasteiger partial charge in [0.1, 0.15) is 28.9 Å². The molecule has 2 heterocycles. The standard InChI is InChI=1S/C21H16BrF2N5O2/c22-14-6-4-13(5-7-14)11-28-12-26-19-15(21(28)31)10-27-29(19)9-8-25-20(30)18-16(23)2-1-3-17(18)24/h1-7,10,12H,8-9,11H2,(H,25,30). The van der Waals surface area contributed by atoms with Crippen molar-refractivity contribution in [3.05, 3.63) is 92.6 Å². The fourth-order valence-corrected chi connectivity index (χ4v) is 3.40. The number of carbonyl (C=O) groups excluding carboxylic acids is 1. The van der Waals surface area contributed by atoms with Crippen LogP contribution in [0.2, 0.25) is 0 Å². The maximum absolute atomic E-state index is 13.7. The number of aromatic nitrogens is 4. The zero-order valence-electron chi connectivity index (χ0n) is 16.1. The summed E-state index contributed by atoms with van der Waals surface area (Å²) in [7, 11) is 0. The molecule has 0 fully saturated rings. The number of rotatable bonds is 6. The lowest BCUT2D eigenvalue weighted by Gasteiger charge is -2.08. The van der Waals surface area contributed by atoms with Gasteiger partial charge in [0.05, 0.1) is 19.3 Å². The summed E-state index contributed by atoms with van der Waals surface area (Å²) < 4.78 is 31.3. The Labute approximate surface area is 183 Å². The summed E-state index contributed by atoms with van der Waals surface area (Å²) in [6, 6.07) is 10.8. The number of carbonyl (C=O) groups is 1. The highest BCUT2D eigenvalue weighted by Gasteiger charge is 2.17. The van der Waals surface area contributed by atoms with Crippen molar-refractivity contribution in [1.29, 1.82) is 0 Å². The van der Waals surface area contributed by atoms with E-state index < -0.39 is 23.1 Å². The van der Waals surface area contributed by atoms with Gasteiger partial charge in [0.15, 0.2) is 5.65 Å². The second-order valence-corrected chi connectivity index (χ2v) is 7.68. The van der Waals surface area contributed by atoms with Gasteiger partial charge in [-0.2, -0.15) is 5.10 Å². The van der Waals surface area contributed by atoms with Gasteiger partial charge in [0.2, 0.25) is 0 Å². The van der Waals surface area contributed by atoms with E-state index in [0.717, 1.165) is 22.2 Å². The Morgan fingerprint density at radius 1 is 1.10 bits per heavy atom. The van der Waals surface area contributed by atoms with Gasteiger partial charge < -0.3 is 5.32 Å². The molecule has 7 nitrogen and oxygen atoms in total. The molecule has 158 valence electrons. The van der Waals surface area contributed by atoms with Gasteiger partial charge in [-0.15, -0.1) is 0 Å². The van der Waals surface area contributed by atoms with Gasteiger partial charge in [-0.1, -0.05) is 34.1 Å². The van der Waals surface area contributed by atoms with Gasteiger partial charge in [-0.05, 0) is 29.8 Å². The second kappa shape index (κ2) is 8.76. The number of hydrogen-bond donors (Lipinski definition) is 1. The van der Waals surface area contributed by atoms with E-state index >= 15 is 0 Å². The van der Waals surface area contributed by atoms with E-state index in [2.05, 4.69) is 31.3 Å². The Bertz CT molecular complexity index is 1300. The lowest BCUT2D eigenvalue weighted by molar-refractivity contribution is 0.0943. The summed E-state index contributed by atoms with van der Waals surface area (Å²) in [4.78, 5) is 29.2.